The van der Waals surface area contributed by atoms with E-state index >= 15 is 0 Å². The molecule has 1 aromatic rings. The molecule has 0 aliphatic heterocycles. The number of aromatic nitrogens is 1. The quantitative estimate of drug-likeness (QED) is 0.640. The molecule has 0 aliphatic rings. The van der Waals surface area contributed by atoms with Crippen molar-refractivity contribution in [3.05, 3.63) is 24.5 Å². The van der Waals surface area contributed by atoms with Crippen LogP contribution < -0.4 is 10.6 Å². The second-order valence-electron chi connectivity index (χ2n) is 4.19. The van der Waals surface area contributed by atoms with Gasteiger partial charge in [-0.1, -0.05) is 0 Å². The Labute approximate surface area is 99.1 Å². The van der Waals surface area contributed by atoms with Gasteiger partial charge in [0.1, 0.15) is 0 Å². The first kappa shape index (κ1) is 13.1. The van der Waals surface area contributed by atoms with Crippen molar-refractivity contribution in [2.45, 2.75) is 19.4 Å². The summed E-state index contributed by atoms with van der Waals surface area (Å²) in [6.45, 7) is 2.98. The number of hydrogen-bond acceptors (Lipinski definition) is 4. The molecule has 0 aromatic carbocycles. The number of nitrogens with zero attached hydrogens (tertiary/aromatic N) is 1. The Morgan fingerprint density at radius 1 is 1.41 bits per heavy atom. The van der Waals surface area contributed by atoms with E-state index in [-0.39, 0.29) is 6.61 Å². The van der Waals surface area contributed by atoms with Crippen molar-refractivity contribution in [2.24, 2.45) is 0 Å². The van der Waals surface area contributed by atoms with Crippen LogP contribution in [0.1, 0.15) is 13.8 Å². The maximum absolute atomic E-state index is 11.5. The highest BCUT2D eigenvalue weighted by atomic mass is 16.3. The predicted octanol–water partition coefficient (Wildman–Crippen LogP) is -0.0928. The zero-order chi connectivity index (χ0) is 12.9. The van der Waals surface area contributed by atoms with Crippen LogP contribution in [0.5, 0.6) is 0 Å². The Bertz CT molecular complexity index is 404. The normalized spacial score (nSPS) is 10.8. The van der Waals surface area contributed by atoms with E-state index in [4.69, 9.17) is 5.11 Å². The van der Waals surface area contributed by atoms with Gasteiger partial charge in [0, 0.05) is 6.20 Å². The molecule has 3 N–H and O–H groups in total. The minimum absolute atomic E-state index is 0.251. The molecule has 6 heteroatoms. The smallest absolute Gasteiger partial charge is 0.313 e. The van der Waals surface area contributed by atoms with Crippen LogP contribution in [0.4, 0.5) is 5.69 Å². The molecule has 0 radical (unpaired) electrons. The highest BCUT2D eigenvalue weighted by molar-refractivity contribution is 6.39. The average Bonchev–Trinajstić information content (AvgIpc) is 2.30. The van der Waals surface area contributed by atoms with E-state index < -0.39 is 17.4 Å². The summed E-state index contributed by atoms with van der Waals surface area (Å²) in [4.78, 5) is 26.7. The summed E-state index contributed by atoms with van der Waals surface area (Å²) in [5.41, 5.74) is -0.391. The van der Waals surface area contributed by atoms with Crippen LogP contribution in [0.2, 0.25) is 0 Å². The first-order chi connectivity index (χ1) is 7.94. The highest BCUT2D eigenvalue weighted by Gasteiger charge is 2.23. The molecule has 0 saturated heterocycles. The number of amides is 2. The third kappa shape index (κ3) is 4.20. The molecule has 1 rings (SSSR count). The largest absolute Gasteiger partial charge is 0.394 e. The van der Waals surface area contributed by atoms with E-state index in [9.17, 15) is 9.59 Å². The van der Waals surface area contributed by atoms with Gasteiger partial charge in [-0.25, -0.2) is 0 Å². The molecule has 0 aliphatic carbocycles. The number of aliphatic hydroxyl groups excluding tert-OH is 1. The van der Waals surface area contributed by atoms with Gasteiger partial charge in [0.25, 0.3) is 0 Å². The molecule has 1 heterocycles. The molecular weight excluding hydrogens is 222 g/mol. The molecule has 0 unspecified atom stereocenters. The minimum Gasteiger partial charge on any atom is -0.394 e. The lowest BCUT2D eigenvalue weighted by Gasteiger charge is -2.22. The number of rotatable bonds is 3. The highest BCUT2D eigenvalue weighted by Crippen LogP contribution is 2.03. The molecule has 6 nitrogen and oxygen atoms in total. The molecular formula is C11H15N3O3. The maximum atomic E-state index is 11.5. The molecule has 1 aromatic heterocycles. The molecule has 0 saturated carbocycles. The second-order valence-corrected chi connectivity index (χ2v) is 4.19. The summed E-state index contributed by atoms with van der Waals surface area (Å²) in [7, 11) is 0. The van der Waals surface area contributed by atoms with E-state index in [0.717, 1.165) is 0 Å². The van der Waals surface area contributed by atoms with Gasteiger partial charge >= 0.3 is 11.8 Å². The minimum atomic E-state index is -0.830. The first-order valence-corrected chi connectivity index (χ1v) is 5.09. The Balaban J connectivity index is 2.57. The number of pyridine rings is 1. The monoisotopic (exact) mass is 237 g/mol. The maximum Gasteiger partial charge on any atom is 0.313 e. The number of hydrogen-bond donors (Lipinski definition) is 3. The average molecular weight is 237 g/mol. The number of anilines is 1. The summed E-state index contributed by atoms with van der Waals surface area (Å²) >= 11 is 0. The van der Waals surface area contributed by atoms with E-state index in [2.05, 4.69) is 15.6 Å². The zero-order valence-electron chi connectivity index (χ0n) is 9.73. The molecule has 0 atom stereocenters. The topological polar surface area (TPSA) is 91.3 Å². The van der Waals surface area contributed by atoms with Gasteiger partial charge in [0.2, 0.25) is 0 Å². The van der Waals surface area contributed by atoms with E-state index in [0.29, 0.717) is 5.69 Å². The second kappa shape index (κ2) is 5.40. The van der Waals surface area contributed by atoms with Crippen molar-refractivity contribution in [1.29, 1.82) is 0 Å². The van der Waals surface area contributed by atoms with Crippen LogP contribution in [-0.4, -0.2) is 34.1 Å². The van der Waals surface area contributed by atoms with E-state index in [1.54, 1.807) is 32.2 Å². The lowest BCUT2D eigenvalue weighted by molar-refractivity contribution is -0.137. The van der Waals surface area contributed by atoms with Crippen LogP contribution in [0.3, 0.4) is 0 Å². The number of aliphatic hydroxyl groups is 1. The van der Waals surface area contributed by atoms with Gasteiger partial charge in [0.15, 0.2) is 0 Å². The van der Waals surface area contributed by atoms with Gasteiger partial charge in [-0.3, -0.25) is 14.6 Å². The number of carbonyl (C=O) groups excluding carboxylic acids is 2. The summed E-state index contributed by atoms with van der Waals surface area (Å²) < 4.78 is 0. The van der Waals surface area contributed by atoms with E-state index in [1.165, 1.54) is 6.20 Å². The molecule has 2 amide bonds. The predicted molar refractivity (Wildman–Crippen MR) is 62.2 cm³/mol. The summed E-state index contributed by atoms with van der Waals surface area (Å²) in [5.74, 6) is -1.59. The fourth-order valence-electron chi connectivity index (χ4n) is 1.03. The van der Waals surface area contributed by atoms with Gasteiger partial charge in [0.05, 0.1) is 24.0 Å². The van der Waals surface area contributed by atoms with Crippen molar-refractivity contribution in [3.63, 3.8) is 0 Å². The Morgan fingerprint density at radius 3 is 2.65 bits per heavy atom. The van der Waals surface area contributed by atoms with Crippen molar-refractivity contribution in [1.82, 2.24) is 10.3 Å². The fraction of sp³-hybridized carbons (Fsp3) is 0.364. The van der Waals surface area contributed by atoms with Gasteiger partial charge in [-0.2, -0.15) is 0 Å². The zero-order valence-corrected chi connectivity index (χ0v) is 9.73. The van der Waals surface area contributed by atoms with Gasteiger partial charge in [-0.05, 0) is 26.0 Å². The van der Waals surface area contributed by atoms with Gasteiger partial charge < -0.3 is 15.7 Å². The molecule has 92 valence electrons. The third-order valence-corrected chi connectivity index (χ3v) is 1.97. The van der Waals surface area contributed by atoms with Crippen LogP contribution in [0, 0.1) is 0 Å². The first-order valence-electron chi connectivity index (χ1n) is 5.09. The number of nitrogens with one attached hydrogen (secondary N) is 2. The molecule has 0 bridgehead atoms. The lowest BCUT2D eigenvalue weighted by atomic mass is 10.1. The number of carbonyl (C=O) groups is 2. The molecule has 0 spiro atoms. The molecule has 0 fully saturated rings. The van der Waals surface area contributed by atoms with E-state index in [1.807, 2.05) is 0 Å². The molecule has 17 heavy (non-hydrogen) atoms. The SMILES string of the molecule is CC(C)(CO)NC(=O)C(=O)Nc1cccnc1. The standard InChI is InChI=1S/C11H15N3O3/c1-11(2,7-15)14-10(17)9(16)13-8-4-3-5-12-6-8/h3-6,15H,7H2,1-2H3,(H,13,16)(H,14,17). The fourth-order valence-corrected chi connectivity index (χ4v) is 1.03. The van der Waals surface area contributed by atoms with Crippen LogP contribution in [0.25, 0.3) is 0 Å². The van der Waals surface area contributed by atoms with Crippen LogP contribution in [-0.2, 0) is 9.59 Å². The summed E-state index contributed by atoms with van der Waals surface area (Å²) in [6.07, 6.45) is 2.99. The Kier molecular flexibility index (Phi) is 4.17. The van der Waals surface area contributed by atoms with Crippen molar-refractivity contribution in [3.8, 4) is 0 Å². The van der Waals surface area contributed by atoms with Crippen LogP contribution in [0.15, 0.2) is 24.5 Å². The summed E-state index contributed by atoms with van der Waals surface area (Å²) in [6, 6.07) is 3.26. The van der Waals surface area contributed by atoms with Crippen molar-refractivity contribution < 1.29 is 14.7 Å². The summed E-state index contributed by atoms with van der Waals surface area (Å²) in [5, 5.41) is 13.8. The van der Waals surface area contributed by atoms with Gasteiger partial charge in [-0.15, -0.1) is 0 Å². The Hall–Kier alpha value is -1.95. The van der Waals surface area contributed by atoms with Crippen molar-refractivity contribution >= 4 is 17.5 Å². The lowest BCUT2D eigenvalue weighted by Crippen LogP contribution is -2.50. The Morgan fingerprint density at radius 2 is 2.12 bits per heavy atom. The van der Waals surface area contributed by atoms with Crippen molar-refractivity contribution in [2.75, 3.05) is 11.9 Å². The van der Waals surface area contributed by atoms with Crippen LogP contribution >= 0.6 is 0 Å². The third-order valence-electron chi connectivity index (χ3n) is 1.97.